The van der Waals surface area contributed by atoms with Gasteiger partial charge in [-0.25, -0.2) is 0 Å². The molecule has 2 heteroatoms. The minimum Gasteiger partial charge on any atom is -0.0654 e. The molecule has 3 saturated carbocycles. The highest BCUT2D eigenvalue weighted by Crippen LogP contribution is 2.99. The molecule has 4 aliphatic carbocycles. The van der Waals surface area contributed by atoms with Gasteiger partial charge in [0.05, 0.1) is 0 Å². The van der Waals surface area contributed by atoms with E-state index < -0.39 is 0 Å². The highest BCUT2D eigenvalue weighted by Gasteiger charge is 2.98. The van der Waals surface area contributed by atoms with Crippen LogP contribution in [-0.4, -0.2) is 0 Å². The fraction of sp³-hybridized carbons (Fsp3) is 0.676. The van der Waals surface area contributed by atoms with Gasteiger partial charge < -0.3 is 0 Å². The van der Waals surface area contributed by atoms with Crippen LogP contribution in [0.25, 0.3) is 11.1 Å². The van der Waals surface area contributed by atoms with Gasteiger partial charge in [-0.1, -0.05) is 123 Å². The van der Waals surface area contributed by atoms with Crippen molar-refractivity contribution in [1.82, 2.24) is 0 Å². The topological polar surface area (TPSA) is 0 Å². The van der Waals surface area contributed by atoms with E-state index in [9.17, 15) is 0 Å². The van der Waals surface area contributed by atoms with Crippen LogP contribution in [0.2, 0.25) is 0 Å². The molecule has 0 radical (unpaired) electrons. The molecule has 0 aromatic heterocycles. The first-order valence-corrected chi connectivity index (χ1v) is 18.2. The van der Waals surface area contributed by atoms with Crippen molar-refractivity contribution in [3.05, 3.63) is 56.5 Å². The lowest BCUT2D eigenvalue weighted by Gasteiger charge is -2.43. The molecule has 0 saturated heterocycles. The van der Waals surface area contributed by atoms with Crippen LogP contribution in [0, 0.1) is 29.1 Å². The molecular weight excluding hydrogens is 604 g/mol. The maximum absolute atomic E-state index is 3.99. The second kappa shape index (κ2) is 10.9. The van der Waals surface area contributed by atoms with E-state index in [2.05, 4.69) is 96.0 Å². The number of benzene rings is 2. The van der Waals surface area contributed by atoms with Crippen molar-refractivity contribution in [2.24, 2.45) is 29.1 Å². The summed E-state index contributed by atoms with van der Waals surface area (Å²) in [6.07, 6.45) is 19.5. The maximum atomic E-state index is 3.99. The molecule has 0 amide bonds. The molecule has 0 nitrogen and oxygen atoms in total. The Kier molecular flexibility index (Phi) is 7.98. The number of fused-ring (bicyclic) bond motifs is 3. The quantitative estimate of drug-likeness (QED) is 0.214. The molecule has 6 unspecified atom stereocenters. The zero-order chi connectivity index (χ0) is 27.4. The first-order valence-electron chi connectivity index (χ1n) is 16.6. The Labute approximate surface area is 255 Å². The normalized spacial score (nSPS) is 35.2. The van der Waals surface area contributed by atoms with E-state index in [1.54, 1.807) is 22.3 Å². The number of hydrogen-bond acceptors (Lipinski definition) is 0. The Morgan fingerprint density at radius 2 is 0.923 bits per heavy atom. The molecule has 0 aliphatic heterocycles. The molecule has 3 spiro atoms. The van der Waals surface area contributed by atoms with Crippen molar-refractivity contribution in [3.63, 3.8) is 0 Å². The number of rotatable bonds is 12. The van der Waals surface area contributed by atoms with E-state index in [1.807, 2.05) is 0 Å². The molecular formula is C37H50Br2. The minimum atomic E-state index is 0.315. The van der Waals surface area contributed by atoms with Crippen LogP contribution in [-0.2, 0) is 10.8 Å². The first-order chi connectivity index (χ1) is 19.0. The van der Waals surface area contributed by atoms with E-state index >= 15 is 0 Å². The van der Waals surface area contributed by atoms with Crippen LogP contribution in [0.3, 0.4) is 0 Å². The SMILES string of the molecule is CCCCC1CC(CCCC)C23C(CCCC)CC(CCCC)C24c2cc(Br)ccc2-c2ccc(Br)cc2C143. The summed E-state index contributed by atoms with van der Waals surface area (Å²) in [5.41, 5.74) is 7.67. The number of halogens is 2. The fourth-order valence-electron chi connectivity index (χ4n) is 11.6. The van der Waals surface area contributed by atoms with Crippen molar-refractivity contribution in [2.75, 3.05) is 0 Å². The lowest BCUT2D eigenvalue weighted by Crippen LogP contribution is -2.39. The summed E-state index contributed by atoms with van der Waals surface area (Å²) < 4.78 is 2.57. The summed E-state index contributed by atoms with van der Waals surface area (Å²) >= 11 is 7.99. The van der Waals surface area contributed by atoms with Gasteiger partial charge in [0, 0.05) is 19.8 Å². The molecule has 0 heterocycles. The third-order valence-electron chi connectivity index (χ3n) is 12.2. The standard InChI is InChI=1S/C37H50Br2/c1-5-9-13-25-21-27(15-11-7-3)36-33-23-29(38)17-19-31(33)32-20-18-30(39)24-34(32)37(36)28(16-12-8-4)22-26(14-10-6-2)35(25,36)37/h17-20,23-28H,5-16,21-22H2,1-4H3. The Morgan fingerprint density at radius 3 is 1.28 bits per heavy atom. The predicted molar refractivity (Wildman–Crippen MR) is 174 cm³/mol. The zero-order valence-corrected chi connectivity index (χ0v) is 28.1. The molecule has 4 aliphatic rings. The van der Waals surface area contributed by atoms with Gasteiger partial charge in [0.1, 0.15) is 0 Å². The van der Waals surface area contributed by atoms with Gasteiger partial charge in [-0.05, 0) is 114 Å². The van der Waals surface area contributed by atoms with E-state index in [-0.39, 0.29) is 0 Å². The van der Waals surface area contributed by atoms with Gasteiger partial charge in [-0.15, -0.1) is 0 Å². The molecule has 6 atom stereocenters. The maximum Gasteiger partial charge on any atom is 0.0178 e. The van der Waals surface area contributed by atoms with Gasteiger partial charge in [-0.2, -0.15) is 0 Å². The summed E-state index contributed by atoms with van der Waals surface area (Å²) in [6, 6.07) is 14.8. The molecule has 3 fully saturated rings. The third-order valence-corrected chi connectivity index (χ3v) is 13.2. The molecule has 6 rings (SSSR count). The highest BCUT2D eigenvalue weighted by molar-refractivity contribution is 9.10. The lowest BCUT2D eigenvalue weighted by atomic mass is 9.60. The van der Waals surface area contributed by atoms with Gasteiger partial charge in [0.15, 0.2) is 0 Å². The summed E-state index contributed by atoms with van der Waals surface area (Å²) in [4.78, 5) is 0. The molecule has 0 N–H and O–H groups in total. The third kappa shape index (κ3) is 3.58. The molecule has 2 aromatic carbocycles. The van der Waals surface area contributed by atoms with E-state index in [4.69, 9.17) is 0 Å². The fourth-order valence-corrected chi connectivity index (χ4v) is 12.4. The predicted octanol–water partition coefficient (Wildman–Crippen LogP) is 12.4. The van der Waals surface area contributed by atoms with E-state index in [0.717, 1.165) is 23.7 Å². The average molecular weight is 655 g/mol. The van der Waals surface area contributed by atoms with E-state index in [0.29, 0.717) is 16.2 Å². The van der Waals surface area contributed by atoms with Gasteiger partial charge in [0.2, 0.25) is 0 Å². The van der Waals surface area contributed by atoms with E-state index in [1.165, 1.54) is 98.8 Å². The minimum absolute atomic E-state index is 0.315. The van der Waals surface area contributed by atoms with Crippen LogP contribution < -0.4 is 0 Å². The Balaban J connectivity index is 1.69. The van der Waals surface area contributed by atoms with Gasteiger partial charge in [-0.3, -0.25) is 0 Å². The van der Waals surface area contributed by atoms with Crippen LogP contribution in [0.15, 0.2) is 45.3 Å². The Bertz CT molecular complexity index is 1100. The zero-order valence-electron chi connectivity index (χ0n) is 24.9. The van der Waals surface area contributed by atoms with Gasteiger partial charge >= 0.3 is 0 Å². The average Bonchev–Trinajstić information content (AvgIpc) is 3.24. The second-order valence-corrected chi connectivity index (χ2v) is 15.5. The van der Waals surface area contributed by atoms with Crippen molar-refractivity contribution >= 4 is 31.9 Å². The largest absolute Gasteiger partial charge is 0.0654 e. The molecule has 2 aromatic rings. The second-order valence-electron chi connectivity index (χ2n) is 13.7. The van der Waals surface area contributed by atoms with Crippen molar-refractivity contribution in [3.8, 4) is 11.1 Å². The van der Waals surface area contributed by atoms with Gasteiger partial charge in [0.25, 0.3) is 0 Å². The molecule has 0 bridgehead atoms. The smallest absolute Gasteiger partial charge is 0.0178 e. The monoisotopic (exact) mass is 652 g/mol. The lowest BCUT2D eigenvalue weighted by molar-refractivity contribution is 0.183. The summed E-state index contributed by atoms with van der Waals surface area (Å²) in [5, 5.41) is 0. The summed E-state index contributed by atoms with van der Waals surface area (Å²) in [5.74, 6) is 3.36. The van der Waals surface area contributed by atoms with Crippen LogP contribution >= 0.6 is 31.9 Å². The van der Waals surface area contributed by atoms with Crippen LogP contribution in [0.5, 0.6) is 0 Å². The molecule has 212 valence electrons. The van der Waals surface area contributed by atoms with Crippen molar-refractivity contribution in [2.45, 2.75) is 128 Å². The summed E-state index contributed by atoms with van der Waals surface area (Å²) in [7, 11) is 0. The Hall–Kier alpha value is -0.600. The summed E-state index contributed by atoms with van der Waals surface area (Å²) in [6.45, 7) is 9.65. The van der Waals surface area contributed by atoms with Crippen molar-refractivity contribution < 1.29 is 0 Å². The van der Waals surface area contributed by atoms with Crippen LogP contribution in [0.4, 0.5) is 0 Å². The Morgan fingerprint density at radius 1 is 0.564 bits per heavy atom. The number of hydrogen-bond donors (Lipinski definition) is 0. The molecule has 39 heavy (non-hydrogen) atoms. The van der Waals surface area contributed by atoms with Crippen LogP contribution in [0.1, 0.15) is 129 Å². The highest BCUT2D eigenvalue weighted by atomic mass is 79.9. The number of unbranched alkanes of at least 4 members (excludes halogenated alkanes) is 4. The first kappa shape index (κ1) is 28.5. The van der Waals surface area contributed by atoms with Crippen molar-refractivity contribution in [1.29, 1.82) is 0 Å².